The average Bonchev–Trinajstić information content (AvgIpc) is 2.53. The topological polar surface area (TPSA) is 84.1 Å². The third kappa shape index (κ3) is 3.17. The summed E-state index contributed by atoms with van der Waals surface area (Å²) >= 11 is 0. The zero-order valence-corrected chi connectivity index (χ0v) is 12.4. The highest BCUT2D eigenvalue weighted by Crippen LogP contribution is 2.20. The fourth-order valence-electron chi connectivity index (χ4n) is 1.87. The van der Waals surface area contributed by atoms with Gasteiger partial charge in [0.15, 0.2) is 5.69 Å². The summed E-state index contributed by atoms with van der Waals surface area (Å²) in [6.07, 6.45) is 1.54. The van der Waals surface area contributed by atoms with E-state index in [0.29, 0.717) is 11.5 Å². The first kappa shape index (κ1) is 14.9. The van der Waals surface area contributed by atoms with Crippen molar-refractivity contribution in [2.75, 3.05) is 17.4 Å². The Morgan fingerprint density at radius 3 is 2.52 bits per heavy atom. The maximum absolute atomic E-state index is 12.6. The lowest BCUT2D eigenvalue weighted by molar-refractivity contribution is 0.0988. The van der Waals surface area contributed by atoms with Crippen molar-refractivity contribution in [1.82, 2.24) is 9.97 Å². The normalized spacial score (nSPS) is 10.5. The van der Waals surface area contributed by atoms with Gasteiger partial charge in [0.1, 0.15) is 5.82 Å². The summed E-state index contributed by atoms with van der Waals surface area (Å²) in [7, 11) is 1.70. The number of hydrogen-bond acceptors (Lipinski definition) is 5. The van der Waals surface area contributed by atoms with E-state index in [-0.39, 0.29) is 17.5 Å². The zero-order valence-electron chi connectivity index (χ0n) is 12.4. The number of nitrogens with zero attached hydrogens (tertiary/aromatic N) is 3. The van der Waals surface area contributed by atoms with Gasteiger partial charge in [-0.25, -0.2) is 9.97 Å². The van der Waals surface area contributed by atoms with Crippen LogP contribution >= 0.6 is 0 Å². The number of nitrogen functional groups attached to an aromatic ring is 1. The number of amides is 1. The van der Waals surface area contributed by atoms with Crippen molar-refractivity contribution in [2.45, 2.75) is 19.8 Å². The minimum atomic E-state index is -0.238. The lowest BCUT2D eigenvalue weighted by atomic mass is 10.2. The second-order valence-electron chi connectivity index (χ2n) is 4.99. The molecule has 6 nitrogen and oxygen atoms in total. The summed E-state index contributed by atoms with van der Waals surface area (Å²) in [5.41, 5.74) is 3.94. The number of hydrogen-bond donors (Lipinski definition) is 2. The third-order valence-electron chi connectivity index (χ3n) is 3.13. The molecule has 0 aliphatic carbocycles. The molecule has 1 aromatic heterocycles. The first-order valence-electron chi connectivity index (χ1n) is 6.71. The molecule has 1 amide bonds. The van der Waals surface area contributed by atoms with Crippen molar-refractivity contribution in [1.29, 1.82) is 0 Å². The molecule has 110 valence electrons. The first-order valence-corrected chi connectivity index (χ1v) is 6.71. The molecule has 0 saturated carbocycles. The minimum absolute atomic E-state index is 0.130. The third-order valence-corrected chi connectivity index (χ3v) is 3.13. The summed E-state index contributed by atoms with van der Waals surface area (Å²) in [5.74, 6) is 5.96. The van der Waals surface area contributed by atoms with Crippen LogP contribution < -0.4 is 16.2 Å². The fourth-order valence-corrected chi connectivity index (χ4v) is 1.87. The Morgan fingerprint density at radius 1 is 1.29 bits per heavy atom. The maximum Gasteiger partial charge on any atom is 0.278 e. The molecular formula is C15H19N5O. The van der Waals surface area contributed by atoms with Crippen molar-refractivity contribution in [2.24, 2.45) is 5.84 Å². The summed E-state index contributed by atoms with van der Waals surface area (Å²) in [4.78, 5) is 22.7. The number of nitrogens with two attached hydrogens (primary N) is 1. The van der Waals surface area contributed by atoms with Crippen LogP contribution in [0.25, 0.3) is 0 Å². The zero-order chi connectivity index (χ0) is 15.4. The summed E-state index contributed by atoms with van der Waals surface area (Å²) in [6, 6.07) is 9.37. The predicted molar refractivity (Wildman–Crippen MR) is 83.1 cm³/mol. The van der Waals surface area contributed by atoms with Crippen molar-refractivity contribution in [3.63, 3.8) is 0 Å². The van der Waals surface area contributed by atoms with Crippen molar-refractivity contribution in [3.8, 4) is 0 Å². The number of carbonyl (C=O) groups excluding carboxylic acids is 1. The number of carbonyl (C=O) groups is 1. The molecule has 0 bridgehead atoms. The van der Waals surface area contributed by atoms with Crippen LogP contribution in [0.4, 0.5) is 11.4 Å². The van der Waals surface area contributed by atoms with Crippen LogP contribution in [0.5, 0.6) is 0 Å². The quantitative estimate of drug-likeness (QED) is 0.664. The van der Waals surface area contributed by atoms with Gasteiger partial charge in [0.25, 0.3) is 5.91 Å². The van der Waals surface area contributed by atoms with Crippen LogP contribution in [0, 0.1) is 0 Å². The highest BCUT2D eigenvalue weighted by molar-refractivity contribution is 6.07. The van der Waals surface area contributed by atoms with Gasteiger partial charge in [-0.05, 0) is 12.1 Å². The highest BCUT2D eigenvalue weighted by Gasteiger charge is 2.20. The molecule has 0 aliphatic rings. The van der Waals surface area contributed by atoms with E-state index in [1.165, 1.54) is 11.1 Å². The summed E-state index contributed by atoms with van der Waals surface area (Å²) in [5, 5.41) is 0. The number of benzene rings is 1. The van der Waals surface area contributed by atoms with Gasteiger partial charge in [-0.1, -0.05) is 32.0 Å². The summed E-state index contributed by atoms with van der Waals surface area (Å²) < 4.78 is 0. The molecule has 2 rings (SSSR count). The molecule has 0 spiro atoms. The Labute approximate surface area is 124 Å². The Balaban J connectivity index is 2.40. The molecule has 1 heterocycles. The molecule has 6 heteroatoms. The van der Waals surface area contributed by atoms with Gasteiger partial charge >= 0.3 is 0 Å². The van der Waals surface area contributed by atoms with E-state index in [0.717, 1.165) is 5.69 Å². The van der Waals surface area contributed by atoms with E-state index in [1.807, 2.05) is 44.2 Å². The van der Waals surface area contributed by atoms with Crippen LogP contribution in [0.2, 0.25) is 0 Å². The van der Waals surface area contributed by atoms with Gasteiger partial charge in [0.2, 0.25) is 0 Å². The Kier molecular flexibility index (Phi) is 4.49. The Bertz CT molecular complexity index is 627. The van der Waals surface area contributed by atoms with Crippen molar-refractivity contribution in [3.05, 3.63) is 48.0 Å². The molecule has 0 aliphatic heterocycles. The SMILES string of the molecule is CC(C)c1ncc(NN)c(C(=O)N(C)c2ccccc2)n1. The van der Waals surface area contributed by atoms with Gasteiger partial charge in [0.05, 0.1) is 11.9 Å². The van der Waals surface area contributed by atoms with Gasteiger partial charge in [0, 0.05) is 18.7 Å². The van der Waals surface area contributed by atoms with Crippen LogP contribution in [0.3, 0.4) is 0 Å². The Morgan fingerprint density at radius 2 is 1.95 bits per heavy atom. The van der Waals surface area contributed by atoms with Crippen LogP contribution in [0.15, 0.2) is 36.5 Å². The van der Waals surface area contributed by atoms with E-state index in [9.17, 15) is 4.79 Å². The first-order chi connectivity index (χ1) is 10.0. The van der Waals surface area contributed by atoms with Crippen LogP contribution in [-0.4, -0.2) is 22.9 Å². The van der Waals surface area contributed by atoms with E-state index in [1.54, 1.807) is 7.05 Å². The van der Waals surface area contributed by atoms with E-state index >= 15 is 0 Å². The molecular weight excluding hydrogens is 266 g/mol. The maximum atomic E-state index is 12.6. The number of rotatable bonds is 4. The molecule has 0 fully saturated rings. The fraction of sp³-hybridized carbons (Fsp3) is 0.267. The second kappa shape index (κ2) is 6.32. The molecule has 0 saturated heterocycles. The number of nitrogens with one attached hydrogen (secondary N) is 1. The average molecular weight is 285 g/mol. The molecule has 2 aromatic rings. The molecule has 0 atom stereocenters. The number of para-hydroxylation sites is 1. The Hall–Kier alpha value is -2.47. The van der Waals surface area contributed by atoms with Gasteiger partial charge in [-0.3, -0.25) is 10.6 Å². The molecule has 1 aromatic carbocycles. The largest absolute Gasteiger partial charge is 0.321 e. The molecule has 0 unspecified atom stereocenters. The number of hydrazine groups is 1. The lowest BCUT2D eigenvalue weighted by Gasteiger charge is -2.19. The molecule has 0 radical (unpaired) electrons. The van der Waals surface area contributed by atoms with Gasteiger partial charge in [-0.15, -0.1) is 0 Å². The smallest absolute Gasteiger partial charge is 0.278 e. The molecule has 21 heavy (non-hydrogen) atoms. The number of aromatic nitrogens is 2. The van der Waals surface area contributed by atoms with Crippen molar-refractivity contribution >= 4 is 17.3 Å². The summed E-state index contributed by atoms with van der Waals surface area (Å²) in [6.45, 7) is 3.94. The molecule has 3 N–H and O–H groups in total. The second-order valence-corrected chi connectivity index (χ2v) is 4.99. The van der Waals surface area contributed by atoms with E-state index in [4.69, 9.17) is 5.84 Å². The number of anilines is 2. The monoisotopic (exact) mass is 285 g/mol. The van der Waals surface area contributed by atoms with Crippen LogP contribution in [-0.2, 0) is 0 Å². The highest BCUT2D eigenvalue weighted by atomic mass is 16.2. The minimum Gasteiger partial charge on any atom is -0.321 e. The van der Waals surface area contributed by atoms with E-state index < -0.39 is 0 Å². The van der Waals surface area contributed by atoms with Crippen LogP contribution in [0.1, 0.15) is 36.1 Å². The van der Waals surface area contributed by atoms with Gasteiger partial charge in [-0.2, -0.15) is 0 Å². The predicted octanol–water partition coefficient (Wildman–Crippen LogP) is 2.16. The standard InChI is InChI=1S/C15H19N5O/c1-10(2)14-17-9-12(19-16)13(18-14)15(21)20(3)11-7-5-4-6-8-11/h4-10,19H,16H2,1-3H3. The lowest BCUT2D eigenvalue weighted by Crippen LogP contribution is -2.29. The van der Waals surface area contributed by atoms with E-state index in [2.05, 4.69) is 15.4 Å². The van der Waals surface area contributed by atoms with Gasteiger partial charge < -0.3 is 10.3 Å². The van der Waals surface area contributed by atoms with Crippen molar-refractivity contribution < 1.29 is 4.79 Å².